The summed E-state index contributed by atoms with van der Waals surface area (Å²) in [7, 11) is -3.52. The molecule has 3 atom stereocenters. The summed E-state index contributed by atoms with van der Waals surface area (Å²) in [4.78, 5) is 14.5. The molecule has 25 heavy (non-hydrogen) atoms. The van der Waals surface area contributed by atoms with Gasteiger partial charge in [-0.15, -0.1) is 0 Å². The van der Waals surface area contributed by atoms with Crippen LogP contribution in [-0.4, -0.2) is 37.6 Å². The fourth-order valence-corrected chi connectivity index (χ4v) is 4.97. The summed E-state index contributed by atoms with van der Waals surface area (Å²) in [5, 5.41) is -0.991. The van der Waals surface area contributed by atoms with Crippen LogP contribution in [0.2, 0.25) is 0 Å². The predicted molar refractivity (Wildman–Crippen MR) is 102 cm³/mol. The van der Waals surface area contributed by atoms with E-state index < -0.39 is 15.1 Å². The summed E-state index contributed by atoms with van der Waals surface area (Å²) in [6.45, 7) is 11.3. The van der Waals surface area contributed by atoms with Crippen LogP contribution in [0.15, 0.2) is 24.3 Å². The average Bonchev–Trinajstić information content (AvgIpc) is 2.52. The lowest BCUT2D eigenvalue weighted by molar-refractivity contribution is -0.133. The van der Waals surface area contributed by atoms with Crippen molar-refractivity contribution in [1.29, 1.82) is 0 Å². The molecule has 1 heterocycles. The molecule has 1 aliphatic heterocycles. The van der Waals surface area contributed by atoms with Crippen molar-refractivity contribution >= 4 is 15.7 Å². The number of carbonyl (C=O) groups excluding carboxylic acids is 1. The number of likely N-dealkylation sites (tertiary alicyclic amines) is 1. The first-order chi connectivity index (χ1) is 11.6. The van der Waals surface area contributed by atoms with Crippen molar-refractivity contribution in [3.63, 3.8) is 0 Å². The molecule has 4 nitrogen and oxygen atoms in total. The summed E-state index contributed by atoms with van der Waals surface area (Å²) >= 11 is 0. The van der Waals surface area contributed by atoms with Crippen molar-refractivity contribution < 1.29 is 13.2 Å². The fraction of sp³-hybridized carbons (Fsp3) is 0.650. The van der Waals surface area contributed by atoms with Crippen LogP contribution in [0.5, 0.6) is 0 Å². The van der Waals surface area contributed by atoms with Gasteiger partial charge in [0.2, 0.25) is 5.91 Å². The summed E-state index contributed by atoms with van der Waals surface area (Å²) in [5.41, 5.74) is 1.92. The number of hydrogen-bond donors (Lipinski definition) is 0. The van der Waals surface area contributed by atoms with Gasteiger partial charge in [-0.3, -0.25) is 4.79 Å². The molecule has 0 N–H and O–H groups in total. The zero-order chi connectivity index (χ0) is 18.8. The smallest absolute Gasteiger partial charge is 0.240 e. The van der Waals surface area contributed by atoms with E-state index in [2.05, 4.69) is 27.7 Å². The number of sulfone groups is 1. The molecule has 0 saturated carbocycles. The number of carbonyl (C=O) groups is 1. The molecule has 1 fully saturated rings. The first-order valence-electron chi connectivity index (χ1n) is 9.19. The molecule has 1 aliphatic rings. The van der Waals surface area contributed by atoms with Crippen LogP contribution in [0.1, 0.15) is 58.1 Å². The molecule has 0 aromatic heterocycles. The average molecular weight is 366 g/mol. The lowest BCUT2D eigenvalue weighted by atomic mass is 9.92. The largest absolute Gasteiger partial charge is 0.341 e. The van der Waals surface area contributed by atoms with Gasteiger partial charge >= 0.3 is 0 Å². The van der Waals surface area contributed by atoms with Gasteiger partial charge in [-0.05, 0) is 42.2 Å². The van der Waals surface area contributed by atoms with Gasteiger partial charge in [0.1, 0.15) is 5.25 Å². The SMILES string of the molecule is CC(C)c1ccc(CS(=O)(=O)[C@@H](C)C(=O)N2C[C@H](C)C[C@H](C)C2)cc1. The van der Waals surface area contributed by atoms with Gasteiger partial charge in [0.05, 0.1) is 5.75 Å². The molecule has 1 aromatic carbocycles. The van der Waals surface area contributed by atoms with Crippen LogP contribution in [0.4, 0.5) is 0 Å². The molecular weight excluding hydrogens is 334 g/mol. The Balaban J connectivity index is 2.08. The van der Waals surface area contributed by atoms with E-state index in [1.165, 1.54) is 12.5 Å². The van der Waals surface area contributed by atoms with Crippen molar-refractivity contribution in [3.05, 3.63) is 35.4 Å². The Labute approximate surface area is 152 Å². The van der Waals surface area contributed by atoms with E-state index in [1.54, 1.807) is 4.90 Å². The van der Waals surface area contributed by atoms with E-state index in [0.717, 1.165) is 12.0 Å². The van der Waals surface area contributed by atoms with Gasteiger partial charge in [-0.2, -0.15) is 0 Å². The van der Waals surface area contributed by atoms with Crippen LogP contribution >= 0.6 is 0 Å². The number of benzene rings is 1. The standard InChI is InChI=1S/C20H31NO3S/c1-14(2)19-8-6-18(7-9-19)13-25(23,24)17(5)20(22)21-11-15(3)10-16(4)12-21/h6-9,14-17H,10-13H2,1-5H3/t15-,16+,17-/m0/s1. The molecule has 0 spiro atoms. The zero-order valence-electron chi connectivity index (χ0n) is 16.0. The van der Waals surface area contributed by atoms with Crippen LogP contribution in [-0.2, 0) is 20.4 Å². The lowest BCUT2D eigenvalue weighted by Gasteiger charge is -2.36. The lowest BCUT2D eigenvalue weighted by Crippen LogP contribution is -2.48. The second kappa shape index (κ2) is 7.90. The van der Waals surface area contributed by atoms with E-state index in [9.17, 15) is 13.2 Å². The summed E-state index contributed by atoms with van der Waals surface area (Å²) in [6, 6.07) is 7.65. The number of piperidine rings is 1. The van der Waals surface area contributed by atoms with Crippen molar-refractivity contribution in [2.24, 2.45) is 11.8 Å². The van der Waals surface area contributed by atoms with Gasteiger partial charge in [-0.1, -0.05) is 52.0 Å². The van der Waals surface area contributed by atoms with Crippen LogP contribution in [0.25, 0.3) is 0 Å². The van der Waals surface area contributed by atoms with Gasteiger partial charge in [0, 0.05) is 13.1 Å². The van der Waals surface area contributed by atoms with Crippen molar-refractivity contribution in [2.45, 2.75) is 58.0 Å². The number of amides is 1. The van der Waals surface area contributed by atoms with Gasteiger partial charge in [0.25, 0.3) is 0 Å². The quantitative estimate of drug-likeness (QED) is 0.801. The molecule has 0 bridgehead atoms. The minimum Gasteiger partial charge on any atom is -0.341 e. The van der Waals surface area contributed by atoms with Crippen molar-refractivity contribution in [1.82, 2.24) is 4.90 Å². The van der Waals surface area contributed by atoms with Gasteiger partial charge in [0.15, 0.2) is 9.84 Å². The highest BCUT2D eigenvalue weighted by atomic mass is 32.2. The van der Waals surface area contributed by atoms with Gasteiger partial charge < -0.3 is 4.90 Å². The Morgan fingerprint density at radius 3 is 2.08 bits per heavy atom. The Bertz CT molecular complexity index is 684. The van der Waals surface area contributed by atoms with Gasteiger partial charge in [-0.25, -0.2) is 8.42 Å². The van der Waals surface area contributed by atoms with E-state index in [-0.39, 0.29) is 11.7 Å². The number of hydrogen-bond acceptors (Lipinski definition) is 3. The molecule has 1 saturated heterocycles. The van der Waals surface area contributed by atoms with E-state index >= 15 is 0 Å². The first kappa shape index (κ1) is 20.0. The first-order valence-corrected chi connectivity index (χ1v) is 10.9. The predicted octanol–water partition coefficient (Wildman–Crippen LogP) is 3.62. The third-order valence-corrected chi connectivity index (χ3v) is 7.10. The van der Waals surface area contributed by atoms with E-state index in [4.69, 9.17) is 0 Å². The molecule has 0 radical (unpaired) electrons. The highest BCUT2D eigenvalue weighted by Crippen LogP contribution is 2.23. The number of nitrogens with zero attached hydrogens (tertiary/aromatic N) is 1. The Morgan fingerprint density at radius 2 is 1.60 bits per heavy atom. The summed E-state index contributed by atoms with van der Waals surface area (Å²) in [5.74, 6) is 0.917. The monoisotopic (exact) mass is 365 g/mol. The maximum Gasteiger partial charge on any atom is 0.240 e. The van der Waals surface area contributed by atoms with Crippen LogP contribution in [0, 0.1) is 11.8 Å². The Morgan fingerprint density at radius 1 is 1.08 bits per heavy atom. The summed E-state index contributed by atoms with van der Waals surface area (Å²) < 4.78 is 25.4. The second-order valence-electron chi connectivity index (χ2n) is 8.03. The topological polar surface area (TPSA) is 54.5 Å². The molecule has 2 rings (SSSR count). The molecule has 1 aromatic rings. The third-order valence-electron chi connectivity index (χ3n) is 5.08. The third kappa shape index (κ3) is 5.06. The second-order valence-corrected chi connectivity index (χ2v) is 10.4. The molecule has 1 amide bonds. The normalized spacial score (nSPS) is 22.9. The van der Waals surface area contributed by atoms with E-state index in [1.807, 2.05) is 24.3 Å². The highest BCUT2D eigenvalue weighted by Gasteiger charge is 2.34. The Kier molecular flexibility index (Phi) is 6.30. The van der Waals surface area contributed by atoms with Crippen molar-refractivity contribution in [2.75, 3.05) is 13.1 Å². The molecule has 5 heteroatoms. The Hall–Kier alpha value is -1.36. The van der Waals surface area contributed by atoms with Crippen LogP contribution < -0.4 is 0 Å². The zero-order valence-corrected chi connectivity index (χ0v) is 16.8. The maximum atomic E-state index is 12.7. The fourth-order valence-electron chi connectivity index (χ4n) is 3.61. The van der Waals surface area contributed by atoms with Crippen LogP contribution in [0.3, 0.4) is 0 Å². The highest BCUT2D eigenvalue weighted by molar-refractivity contribution is 7.92. The minimum absolute atomic E-state index is 0.0861. The minimum atomic E-state index is -3.52. The number of rotatable bonds is 5. The maximum absolute atomic E-state index is 12.7. The molecule has 0 unspecified atom stereocenters. The molecule has 0 aliphatic carbocycles. The summed E-state index contributed by atoms with van der Waals surface area (Å²) in [6.07, 6.45) is 1.09. The van der Waals surface area contributed by atoms with E-state index in [0.29, 0.717) is 30.8 Å². The molecular formula is C20H31NO3S. The van der Waals surface area contributed by atoms with Crippen molar-refractivity contribution in [3.8, 4) is 0 Å². The molecule has 140 valence electrons.